The van der Waals surface area contributed by atoms with Gasteiger partial charge in [-0.05, 0) is 19.9 Å². The van der Waals surface area contributed by atoms with Crippen LogP contribution in [0.25, 0.3) is 21.1 Å². The third-order valence-corrected chi connectivity index (χ3v) is 5.71. The standard InChI is InChI=1S/C19H20N4O3S/c1-5-22-14-8-11(2)27-18(14)12-9-21-23(19(24)16(12)22)10-13-17(26-4)15(25-3)6-7-20-13/h6-9H,5,10H2,1-4H3. The fraction of sp³-hybridized carbons (Fsp3) is 0.316. The maximum Gasteiger partial charge on any atom is 0.291 e. The first kappa shape index (κ1) is 17.5. The zero-order valence-corrected chi connectivity index (χ0v) is 16.5. The number of methoxy groups -OCH3 is 2. The first-order valence-corrected chi connectivity index (χ1v) is 9.45. The van der Waals surface area contributed by atoms with Crippen LogP contribution in [0.15, 0.2) is 29.3 Å². The predicted molar refractivity (Wildman–Crippen MR) is 106 cm³/mol. The molecule has 8 heteroatoms. The van der Waals surface area contributed by atoms with Crippen molar-refractivity contribution in [3.8, 4) is 11.5 Å². The fourth-order valence-corrected chi connectivity index (χ4v) is 4.49. The monoisotopic (exact) mass is 384 g/mol. The molecule has 4 rings (SSSR count). The number of hydrogen-bond acceptors (Lipinski definition) is 6. The molecule has 0 bridgehead atoms. The van der Waals surface area contributed by atoms with Crippen LogP contribution in [0.4, 0.5) is 0 Å². The van der Waals surface area contributed by atoms with Crippen LogP contribution < -0.4 is 15.0 Å². The molecule has 140 valence electrons. The van der Waals surface area contributed by atoms with Crippen LogP contribution in [0, 0.1) is 6.92 Å². The van der Waals surface area contributed by atoms with Gasteiger partial charge in [0.2, 0.25) is 0 Å². The smallest absolute Gasteiger partial charge is 0.291 e. The largest absolute Gasteiger partial charge is 0.493 e. The van der Waals surface area contributed by atoms with Crippen LogP contribution in [-0.4, -0.2) is 33.6 Å². The van der Waals surface area contributed by atoms with Gasteiger partial charge in [0, 0.05) is 29.1 Å². The van der Waals surface area contributed by atoms with E-state index < -0.39 is 0 Å². The predicted octanol–water partition coefficient (Wildman–Crippen LogP) is 3.20. The summed E-state index contributed by atoms with van der Waals surface area (Å²) in [5, 5.41) is 5.30. The molecule has 0 aliphatic rings. The summed E-state index contributed by atoms with van der Waals surface area (Å²) in [6.45, 7) is 5.04. The van der Waals surface area contributed by atoms with Gasteiger partial charge in [-0.2, -0.15) is 5.10 Å². The van der Waals surface area contributed by atoms with Crippen molar-refractivity contribution in [2.75, 3.05) is 14.2 Å². The molecule has 0 spiro atoms. The Labute approximate surface area is 159 Å². The van der Waals surface area contributed by atoms with E-state index in [2.05, 4.69) is 27.6 Å². The molecule has 4 aromatic heterocycles. The van der Waals surface area contributed by atoms with E-state index >= 15 is 0 Å². The highest BCUT2D eigenvalue weighted by Gasteiger charge is 2.19. The minimum Gasteiger partial charge on any atom is -0.493 e. The van der Waals surface area contributed by atoms with Crippen LogP contribution in [0.2, 0.25) is 0 Å². The minimum absolute atomic E-state index is 0.137. The summed E-state index contributed by atoms with van der Waals surface area (Å²) in [7, 11) is 3.13. The Morgan fingerprint density at radius 3 is 2.78 bits per heavy atom. The minimum atomic E-state index is -0.137. The van der Waals surface area contributed by atoms with Crippen molar-refractivity contribution in [2.45, 2.75) is 26.9 Å². The van der Waals surface area contributed by atoms with Gasteiger partial charge in [-0.25, -0.2) is 4.68 Å². The van der Waals surface area contributed by atoms with Gasteiger partial charge in [0.15, 0.2) is 11.5 Å². The lowest BCUT2D eigenvalue weighted by Crippen LogP contribution is -2.25. The molecule has 4 aromatic rings. The van der Waals surface area contributed by atoms with Crippen molar-refractivity contribution in [1.29, 1.82) is 0 Å². The van der Waals surface area contributed by atoms with Crippen LogP contribution in [0.5, 0.6) is 11.5 Å². The number of rotatable bonds is 5. The number of aryl methyl sites for hydroxylation is 2. The molecule has 0 saturated heterocycles. The molecule has 27 heavy (non-hydrogen) atoms. The van der Waals surface area contributed by atoms with Gasteiger partial charge in [-0.15, -0.1) is 11.3 Å². The van der Waals surface area contributed by atoms with Crippen LogP contribution >= 0.6 is 11.3 Å². The first-order valence-electron chi connectivity index (χ1n) is 8.63. The van der Waals surface area contributed by atoms with E-state index in [-0.39, 0.29) is 12.1 Å². The van der Waals surface area contributed by atoms with Crippen molar-refractivity contribution >= 4 is 32.5 Å². The van der Waals surface area contributed by atoms with Crippen molar-refractivity contribution in [2.24, 2.45) is 0 Å². The van der Waals surface area contributed by atoms with E-state index in [1.807, 2.05) is 6.92 Å². The van der Waals surface area contributed by atoms with E-state index in [0.717, 1.165) is 22.1 Å². The summed E-state index contributed by atoms with van der Waals surface area (Å²) in [4.78, 5) is 18.8. The summed E-state index contributed by atoms with van der Waals surface area (Å²) in [5.41, 5.74) is 2.22. The number of hydrogen-bond donors (Lipinski definition) is 0. The molecule has 0 N–H and O–H groups in total. The Morgan fingerprint density at radius 1 is 1.26 bits per heavy atom. The number of fused-ring (bicyclic) bond motifs is 3. The van der Waals surface area contributed by atoms with Crippen molar-refractivity contribution < 1.29 is 9.47 Å². The molecule has 0 aliphatic carbocycles. The van der Waals surface area contributed by atoms with E-state index in [0.29, 0.717) is 22.7 Å². The molecule has 0 atom stereocenters. The van der Waals surface area contributed by atoms with Gasteiger partial charge in [0.1, 0.15) is 11.2 Å². The molecule has 0 fully saturated rings. The van der Waals surface area contributed by atoms with Gasteiger partial charge in [0.25, 0.3) is 5.56 Å². The maximum atomic E-state index is 13.2. The molecule has 0 aliphatic heterocycles. The second-order valence-corrected chi connectivity index (χ2v) is 7.43. The highest BCUT2D eigenvalue weighted by Crippen LogP contribution is 2.34. The highest BCUT2D eigenvalue weighted by atomic mass is 32.1. The second kappa shape index (κ2) is 6.70. The Morgan fingerprint density at radius 2 is 2.07 bits per heavy atom. The zero-order chi connectivity index (χ0) is 19.1. The molecule has 0 radical (unpaired) electrons. The Hall–Kier alpha value is -2.87. The first-order chi connectivity index (χ1) is 13.1. The summed E-state index contributed by atoms with van der Waals surface area (Å²) in [6, 6.07) is 3.85. The molecular formula is C19H20N4O3S. The maximum absolute atomic E-state index is 13.2. The summed E-state index contributed by atoms with van der Waals surface area (Å²) in [6.07, 6.45) is 3.40. The number of nitrogens with zero attached hydrogens (tertiary/aromatic N) is 4. The lowest BCUT2D eigenvalue weighted by molar-refractivity contribution is 0.347. The molecule has 7 nitrogen and oxygen atoms in total. The Kier molecular flexibility index (Phi) is 4.35. The topological polar surface area (TPSA) is 71.2 Å². The van der Waals surface area contributed by atoms with Crippen molar-refractivity contribution in [3.05, 3.63) is 45.5 Å². The Balaban J connectivity index is 1.90. The lowest BCUT2D eigenvalue weighted by atomic mass is 10.3. The number of aromatic nitrogens is 4. The highest BCUT2D eigenvalue weighted by molar-refractivity contribution is 7.20. The van der Waals surface area contributed by atoms with E-state index in [1.54, 1.807) is 44.0 Å². The van der Waals surface area contributed by atoms with Gasteiger partial charge in [-0.3, -0.25) is 9.78 Å². The van der Waals surface area contributed by atoms with Crippen LogP contribution in [0.1, 0.15) is 17.5 Å². The number of ether oxygens (including phenoxy) is 2. The molecule has 4 heterocycles. The average Bonchev–Trinajstić information content (AvgIpc) is 3.18. The fourth-order valence-electron chi connectivity index (χ4n) is 3.47. The molecule has 0 amide bonds. The summed E-state index contributed by atoms with van der Waals surface area (Å²) in [5.74, 6) is 1.08. The van der Waals surface area contributed by atoms with Gasteiger partial charge >= 0.3 is 0 Å². The number of thiophene rings is 1. The summed E-state index contributed by atoms with van der Waals surface area (Å²) >= 11 is 1.69. The summed E-state index contributed by atoms with van der Waals surface area (Å²) < 4.78 is 15.3. The van der Waals surface area contributed by atoms with Crippen LogP contribution in [0.3, 0.4) is 0 Å². The van der Waals surface area contributed by atoms with E-state index in [1.165, 1.54) is 9.56 Å². The average molecular weight is 384 g/mol. The second-order valence-electron chi connectivity index (χ2n) is 6.18. The van der Waals surface area contributed by atoms with Gasteiger partial charge in [0.05, 0.1) is 37.2 Å². The third kappa shape index (κ3) is 2.68. The van der Waals surface area contributed by atoms with Gasteiger partial charge in [-0.1, -0.05) is 0 Å². The van der Waals surface area contributed by atoms with E-state index in [9.17, 15) is 4.79 Å². The van der Waals surface area contributed by atoms with Gasteiger partial charge < -0.3 is 14.0 Å². The van der Waals surface area contributed by atoms with Crippen molar-refractivity contribution in [3.63, 3.8) is 0 Å². The quantitative estimate of drug-likeness (QED) is 0.528. The van der Waals surface area contributed by atoms with E-state index in [4.69, 9.17) is 9.47 Å². The number of pyridine rings is 1. The molecule has 0 unspecified atom stereocenters. The Bertz CT molecular complexity index is 1210. The van der Waals surface area contributed by atoms with Crippen LogP contribution in [-0.2, 0) is 13.1 Å². The SMILES string of the molecule is CCn1c2cc(C)sc2c2cnn(Cc3nccc(OC)c3OC)c(=O)c21. The molecule has 0 saturated carbocycles. The molecule has 0 aromatic carbocycles. The van der Waals surface area contributed by atoms with Crippen molar-refractivity contribution in [1.82, 2.24) is 19.3 Å². The zero-order valence-electron chi connectivity index (χ0n) is 15.6. The normalized spacial score (nSPS) is 11.4. The molecular weight excluding hydrogens is 364 g/mol. The third-order valence-electron chi connectivity index (χ3n) is 4.64. The lowest BCUT2D eigenvalue weighted by Gasteiger charge is -2.12.